The van der Waals surface area contributed by atoms with Gasteiger partial charge >= 0.3 is 0 Å². The summed E-state index contributed by atoms with van der Waals surface area (Å²) in [5.74, 6) is 0.281. The molecular formula is C20H34BrN2O2+. The second-order valence-corrected chi connectivity index (χ2v) is 11.8. The maximum Gasteiger partial charge on any atom is 0.228 e. The average molecular weight is 414 g/mol. The fourth-order valence-corrected chi connectivity index (χ4v) is 7.90. The molecular weight excluding hydrogens is 380 g/mol. The minimum absolute atomic E-state index is 0.0763. The highest BCUT2D eigenvalue weighted by Crippen LogP contribution is 2.72. The van der Waals surface area contributed by atoms with Crippen LogP contribution in [0.4, 0.5) is 0 Å². The summed E-state index contributed by atoms with van der Waals surface area (Å²) >= 11 is 3.62. The number of rotatable bonds is 2. The van der Waals surface area contributed by atoms with Crippen LogP contribution >= 0.6 is 15.9 Å². The van der Waals surface area contributed by atoms with Gasteiger partial charge in [0.05, 0.1) is 21.3 Å². The maximum absolute atomic E-state index is 13.5. The summed E-state index contributed by atoms with van der Waals surface area (Å²) < 4.78 is 0. The molecule has 5 heteroatoms. The molecule has 1 saturated heterocycles. The molecule has 1 aliphatic heterocycles. The number of carbonyl (C=O) groups excluding carboxylic acids is 2. The predicted molar refractivity (Wildman–Crippen MR) is 103 cm³/mol. The van der Waals surface area contributed by atoms with E-state index in [0.29, 0.717) is 0 Å². The predicted octanol–water partition coefficient (Wildman–Crippen LogP) is 2.54. The van der Waals surface area contributed by atoms with Crippen molar-refractivity contribution in [2.45, 2.75) is 96.1 Å². The first-order chi connectivity index (χ1) is 11.2. The third kappa shape index (κ3) is 2.48. The van der Waals surface area contributed by atoms with Gasteiger partial charge < -0.3 is 10.6 Å². The van der Waals surface area contributed by atoms with Gasteiger partial charge in [0.2, 0.25) is 5.91 Å². The molecule has 1 heterocycles. The zero-order chi connectivity index (χ0) is 19.1. The molecule has 2 aliphatic carbocycles. The van der Waals surface area contributed by atoms with Crippen molar-refractivity contribution < 1.29 is 14.9 Å². The molecule has 25 heavy (non-hydrogen) atoms. The lowest BCUT2D eigenvalue weighted by Gasteiger charge is -2.45. The topological polar surface area (TPSA) is 62.8 Å². The lowest BCUT2D eigenvalue weighted by atomic mass is 9.64. The van der Waals surface area contributed by atoms with Crippen LogP contribution in [0.25, 0.3) is 0 Å². The molecule has 2 saturated carbocycles. The molecule has 142 valence electrons. The molecule has 0 radical (unpaired) electrons. The summed E-state index contributed by atoms with van der Waals surface area (Å²) in [5, 5.41) is 5.79. The first-order valence-corrected chi connectivity index (χ1v) is 10.5. The molecule has 0 aromatic rings. The molecule has 3 fully saturated rings. The van der Waals surface area contributed by atoms with E-state index in [1.807, 2.05) is 6.92 Å². The van der Waals surface area contributed by atoms with Gasteiger partial charge in [0.15, 0.2) is 5.78 Å². The third-order valence-corrected chi connectivity index (χ3v) is 8.99. The summed E-state index contributed by atoms with van der Waals surface area (Å²) in [6.45, 7) is 15.3. The molecule has 0 spiro atoms. The second kappa shape index (κ2) is 5.31. The Morgan fingerprint density at radius 3 is 2.00 bits per heavy atom. The smallest absolute Gasteiger partial charge is 0.228 e. The molecule has 0 aromatic heterocycles. The van der Waals surface area contributed by atoms with E-state index < -0.39 is 10.8 Å². The van der Waals surface area contributed by atoms with Gasteiger partial charge in [-0.2, -0.15) is 0 Å². The molecule has 2 bridgehead atoms. The maximum atomic E-state index is 13.5. The third-order valence-electron chi connectivity index (χ3n) is 7.79. The standard InChI is InChI=1S/C20H33BrN2O2/c1-16(2)10-12(11-17(3,4)23-16)22-15(25)20-9-8-19(7,18(20,5)6)14(24)13(20)21/h12-13,23H,8-11H2,1-7H3,(H,22,25)/p+1/t13-,19+,20-/m0/s1. The van der Waals surface area contributed by atoms with Crippen LogP contribution in [0.5, 0.6) is 0 Å². The van der Waals surface area contributed by atoms with E-state index in [-0.39, 0.29) is 39.1 Å². The summed E-state index contributed by atoms with van der Waals surface area (Å²) in [6, 6.07) is 0.162. The van der Waals surface area contributed by atoms with Crippen molar-refractivity contribution >= 4 is 27.6 Å². The largest absolute Gasteiger partial charge is 0.352 e. The van der Waals surface area contributed by atoms with Crippen LogP contribution < -0.4 is 10.6 Å². The first-order valence-electron chi connectivity index (χ1n) is 9.55. The Hall–Kier alpha value is -0.420. The Morgan fingerprint density at radius 2 is 1.56 bits per heavy atom. The fraction of sp³-hybridized carbons (Fsp3) is 0.900. The van der Waals surface area contributed by atoms with Crippen molar-refractivity contribution in [2.24, 2.45) is 16.2 Å². The van der Waals surface area contributed by atoms with Gasteiger partial charge in [-0.05, 0) is 46.0 Å². The zero-order valence-corrected chi connectivity index (χ0v) is 18.3. The summed E-state index contributed by atoms with van der Waals surface area (Å²) in [5.41, 5.74) is -1.15. The molecule has 1 amide bonds. The minimum Gasteiger partial charge on any atom is -0.352 e. The van der Waals surface area contributed by atoms with Crippen LogP contribution in [0.3, 0.4) is 0 Å². The Bertz CT molecular complexity index is 611. The highest BCUT2D eigenvalue weighted by atomic mass is 79.9. The number of carbonyl (C=O) groups is 2. The summed E-state index contributed by atoms with van der Waals surface area (Å²) in [7, 11) is 0. The van der Waals surface area contributed by atoms with Gasteiger partial charge in [0, 0.05) is 24.3 Å². The van der Waals surface area contributed by atoms with E-state index in [1.165, 1.54) is 0 Å². The van der Waals surface area contributed by atoms with Crippen LogP contribution in [-0.2, 0) is 9.59 Å². The van der Waals surface area contributed by atoms with Gasteiger partial charge in [0.1, 0.15) is 0 Å². The number of halogens is 1. The number of piperidine rings is 1. The van der Waals surface area contributed by atoms with Gasteiger partial charge in [-0.15, -0.1) is 0 Å². The quantitative estimate of drug-likeness (QED) is 0.683. The number of amides is 1. The number of nitrogens with one attached hydrogen (secondary N) is 1. The highest BCUT2D eigenvalue weighted by Gasteiger charge is 2.76. The number of Topliss-reactive ketones (excluding diaryl/α,β-unsaturated/α-hetero) is 1. The van der Waals surface area contributed by atoms with Crippen LogP contribution in [0, 0.1) is 16.2 Å². The van der Waals surface area contributed by atoms with E-state index in [0.717, 1.165) is 25.7 Å². The van der Waals surface area contributed by atoms with Crippen molar-refractivity contribution in [3.63, 3.8) is 0 Å². The normalized spacial score (nSPS) is 41.8. The number of nitrogens with two attached hydrogens (primary N) is 1. The van der Waals surface area contributed by atoms with Crippen LogP contribution in [-0.4, -0.2) is 33.6 Å². The van der Waals surface area contributed by atoms with Crippen LogP contribution in [0.1, 0.15) is 74.1 Å². The van der Waals surface area contributed by atoms with Gasteiger partial charge in [-0.3, -0.25) is 9.59 Å². The van der Waals surface area contributed by atoms with Crippen molar-refractivity contribution in [1.82, 2.24) is 5.32 Å². The van der Waals surface area contributed by atoms with Gasteiger partial charge in [-0.1, -0.05) is 36.7 Å². The minimum atomic E-state index is -0.631. The lowest BCUT2D eigenvalue weighted by molar-refractivity contribution is -0.788. The van der Waals surface area contributed by atoms with Crippen molar-refractivity contribution in [3.05, 3.63) is 0 Å². The van der Waals surface area contributed by atoms with Gasteiger partial charge in [0.25, 0.3) is 0 Å². The monoisotopic (exact) mass is 413 g/mol. The van der Waals surface area contributed by atoms with Gasteiger partial charge in [-0.25, -0.2) is 0 Å². The Labute approximate surface area is 160 Å². The molecule has 4 nitrogen and oxygen atoms in total. The van der Waals surface area contributed by atoms with Crippen molar-refractivity contribution in [3.8, 4) is 0 Å². The number of fused-ring (bicyclic) bond motifs is 2. The second-order valence-electron chi connectivity index (χ2n) is 10.9. The molecule has 3 rings (SSSR count). The van der Waals surface area contributed by atoms with E-state index in [4.69, 9.17) is 0 Å². The molecule has 3 atom stereocenters. The number of quaternary nitrogens is 1. The van der Waals surface area contributed by atoms with E-state index in [1.54, 1.807) is 0 Å². The van der Waals surface area contributed by atoms with E-state index in [9.17, 15) is 9.59 Å². The van der Waals surface area contributed by atoms with E-state index in [2.05, 4.69) is 68.1 Å². The van der Waals surface area contributed by atoms with Crippen molar-refractivity contribution in [2.75, 3.05) is 0 Å². The van der Waals surface area contributed by atoms with E-state index >= 15 is 0 Å². The number of ketones is 1. The van der Waals surface area contributed by atoms with Crippen LogP contribution in [0.2, 0.25) is 0 Å². The molecule has 0 aromatic carbocycles. The Kier molecular flexibility index (Phi) is 4.11. The molecule has 3 N–H and O–H groups in total. The Morgan fingerprint density at radius 1 is 1.04 bits per heavy atom. The highest BCUT2D eigenvalue weighted by molar-refractivity contribution is 9.10. The molecule has 3 aliphatic rings. The first kappa shape index (κ1) is 19.3. The SMILES string of the molecule is CC1(C)CC(NC(=O)[C@]23CC[C@](C)(C(=O)[C@@H]2Br)C3(C)C)CC(C)(C)[NH2+]1. The number of hydrogen-bond acceptors (Lipinski definition) is 2. The summed E-state index contributed by atoms with van der Waals surface area (Å²) in [4.78, 5) is 26.0. The van der Waals surface area contributed by atoms with Crippen molar-refractivity contribution in [1.29, 1.82) is 0 Å². The summed E-state index contributed by atoms with van der Waals surface area (Å²) in [6.07, 6.45) is 3.51. The number of alkyl halides is 1. The number of hydrogen-bond donors (Lipinski definition) is 2. The zero-order valence-electron chi connectivity index (χ0n) is 16.8. The fourth-order valence-electron chi connectivity index (χ4n) is 6.39. The Balaban J connectivity index is 1.88. The van der Waals surface area contributed by atoms with Crippen LogP contribution in [0.15, 0.2) is 0 Å². The molecule has 0 unspecified atom stereocenters. The lowest BCUT2D eigenvalue weighted by Crippen LogP contribution is -3.06. The average Bonchev–Trinajstić information content (AvgIpc) is 2.67.